The molecule has 0 aromatic heterocycles. The number of benzene rings is 1. The number of rotatable bonds is 2. The van der Waals surface area contributed by atoms with Crippen molar-refractivity contribution in [3.05, 3.63) is 35.4 Å². The third-order valence-corrected chi connectivity index (χ3v) is 1.98. The summed E-state index contributed by atoms with van der Waals surface area (Å²) in [6, 6.07) is 6.62. The Kier molecular flexibility index (Phi) is 3.25. The van der Waals surface area contributed by atoms with Crippen LogP contribution in [0.25, 0.3) is 0 Å². The van der Waals surface area contributed by atoms with E-state index >= 15 is 0 Å². The van der Waals surface area contributed by atoms with Crippen molar-refractivity contribution in [3.8, 4) is 0 Å². The molecule has 1 rings (SSSR count). The summed E-state index contributed by atoms with van der Waals surface area (Å²) < 4.78 is 13.0. The molecule has 4 heteroatoms. The monoisotopic (exact) mass is 201 g/mol. The molecule has 0 aliphatic heterocycles. The molecule has 0 bridgehead atoms. The highest BCUT2D eigenvalue weighted by atomic mass is 35.5. The molecule has 0 saturated heterocycles. The molecular weight excluding hydrogens is 193 g/mol. The third-order valence-electron chi connectivity index (χ3n) is 1.70. The van der Waals surface area contributed by atoms with E-state index in [9.17, 15) is 4.39 Å². The van der Waals surface area contributed by atoms with Crippen LogP contribution in [0.2, 0.25) is 0 Å². The highest BCUT2D eigenvalue weighted by Gasteiger charge is 2.11. The van der Waals surface area contributed by atoms with E-state index in [4.69, 9.17) is 16.8 Å². The normalized spacial score (nSPS) is 14.2. The second kappa shape index (κ2) is 4.23. The lowest BCUT2D eigenvalue weighted by Crippen LogP contribution is -1.99. The van der Waals surface area contributed by atoms with Crippen LogP contribution in [0.4, 0.5) is 4.39 Å². The van der Waals surface area contributed by atoms with E-state index in [1.807, 2.05) is 0 Å². The standard InChI is InChI=1S/C9H9ClFNO/c1-6(11)7-4-2-3-5-8(7)9(10)12-13/h2-6,13H,1H3/b12-9+. The first-order valence-electron chi connectivity index (χ1n) is 3.77. The predicted octanol–water partition coefficient (Wildman–Crippen LogP) is 3.09. The van der Waals surface area contributed by atoms with Crippen molar-refractivity contribution >= 4 is 16.8 Å². The van der Waals surface area contributed by atoms with Gasteiger partial charge >= 0.3 is 0 Å². The summed E-state index contributed by atoms with van der Waals surface area (Å²) in [5.41, 5.74) is 0.840. The Morgan fingerprint density at radius 2 is 2.15 bits per heavy atom. The van der Waals surface area contributed by atoms with Gasteiger partial charge in [-0.3, -0.25) is 0 Å². The van der Waals surface area contributed by atoms with Crippen LogP contribution < -0.4 is 0 Å². The predicted molar refractivity (Wildman–Crippen MR) is 50.1 cm³/mol. The quantitative estimate of drug-likeness (QED) is 0.445. The molecule has 1 aromatic carbocycles. The number of nitrogens with zero attached hydrogens (tertiary/aromatic N) is 1. The topological polar surface area (TPSA) is 32.6 Å². The molecule has 0 fully saturated rings. The van der Waals surface area contributed by atoms with Crippen LogP contribution >= 0.6 is 11.6 Å². The SMILES string of the molecule is CC(F)c1ccccc1/C(Cl)=N\O. The summed E-state index contributed by atoms with van der Waals surface area (Å²) in [6.07, 6.45) is -1.13. The van der Waals surface area contributed by atoms with Gasteiger partial charge in [-0.2, -0.15) is 0 Å². The van der Waals surface area contributed by atoms with Crippen molar-refractivity contribution < 1.29 is 9.60 Å². The van der Waals surface area contributed by atoms with E-state index in [0.717, 1.165) is 0 Å². The Hall–Kier alpha value is -1.09. The van der Waals surface area contributed by atoms with E-state index < -0.39 is 6.17 Å². The fourth-order valence-electron chi connectivity index (χ4n) is 1.09. The largest absolute Gasteiger partial charge is 0.410 e. The van der Waals surface area contributed by atoms with Crippen molar-refractivity contribution in [1.82, 2.24) is 0 Å². The fraction of sp³-hybridized carbons (Fsp3) is 0.222. The summed E-state index contributed by atoms with van der Waals surface area (Å²) in [5.74, 6) is 0. The highest BCUT2D eigenvalue weighted by molar-refractivity contribution is 6.69. The summed E-state index contributed by atoms with van der Waals surface area (Å²) in [4.78, 5) is 0. The van der Waals surface area contributed by atoms with Crippen molar-refractivity contribution in [3.63, 3.8) is 0 Å². The Morgan fingerprint density at radius 1 is 1.54 bits per heavy atom. The number of halogens is 2. The van der Waals surface area contributed by atoms with E-state index in [-0.39, 0.29) is 5.17 Å². The zero-order chi connectivity index (χ0) is 9.84. The average Bonchev–Trinajstić information content (AvgIpc) is 2.16. The number of alkyl halides is 1. The highest BCUT2D eigenvalue weighted by Crippen LogP contribution is 2.22. The molecule has 13 heavy (non-hydrogen) atoms. The Balaban J connectivity index is 3.20. The first kappa shape index (κ1) is 9.99. The van der Waals surface area contributed by atoms with Crippen LogP contribution in [0.15, 0.2) is 29.4 Å². The molecule has 0 saturated carbocycles. The molecule has 1 aromatic rings. The maximum atomic E-state index is 13.0. The van der Waals surface area contributed by atoms with Crippen molar-refractivity contribution in [2.45, 2.75) is 13.1 Å². The second-order valence-corrected chi connectivity index (χ2v) is 2.95. The Labute approximate surface area is 80.6 Å². The van der Waals surface area contributed by atoms with Gasteiger partial charge in [0.2, 0.25) is 0 Å². The Bertz CT molecular complexity index is 325. The van der Waals surface area contributed by atoms with Gasteiger partial charge in [0.15, 0.2) is 5.17 Å². The van der Waals surface area contributed by atoms with Crippen molar-refractivity contribution in [2.75, 3.05) is 0 Å². The third kappa shape index (κ3) is 2.18. The van der Waals surface area contributed by atoms with Gasteiger partial charge in [0.1, 0.15) is 6.17 Å². The fourth-order valence-corrected chi connectivity index (χ4v) is 1.26. The van der Waals surface area contributed by atoms with Crippen LogP contribution in [0, 0.1) is 0 Å². The van der Waals surface area contributed by atoms with Crippen molar-refractivity contribution in [2.24, 2.45) is 5.16 Å². The molecule has 1 atom stereocenters. The van der Waals surface area contributed by atoms with Crippen LogP contribution in [0.5, 0.6) is 0 Å². The number of hydrogen-bond acceptors (Lipinski definition) is 2. The summed E-state index contributed by atoms with van der Waals surface area (Å²) in [6.45, 7) is 1.40. The maximum Gasteiger partial charge on any atom is 0.175 e. The molecule has 0 heterocycles. The molecule has 1 N–H and O–H groups in total. The van der Waals surface area contributed by atoms with E-state index in [1.54, 1.807) is 24.3 Å². The lowest BCUT2D eigenvalue weighted by molar-refractivity contribution is 0.320. The lowest BCUT2D eigenvalue weighted by Gasteiger charge is -2.07. The smallest absolute Gasteiger partial charge is 0.175 e. The Morgan fingerprint density at radius 3 is 2.69 bits per heavy atom. The first-order valence-corrected chi connectivity index (χ1v) is 4.15. The minimum absolute atomic E-state index is 0.0971. The molecule has 2 nitrogen and oxygen atoms in total. The van der Waals surface area contributed by atoms with E-state index in [2.05, 4.69) is 5.16 Å². The molecule has 0 spiro atoms. The van der Waals surface area contributed by atoms with Crippen LogP contribution in [0.3, 0.4) is 0 Å². The van der Waals surface area contributed by atoms with E-state index in [1.165, 1.54) is 6.92 Å². The maximum absolute atomic E-state index is 13.0. The molecule has 70 valence electrons. The average molecular weight is 202 g/mol. The van der Waals surface area contributed by atoms with Gasteiger partial charge in [0.25, 0.3) is 0 Å². The van der Waals surface area contributed by atoms with Gasteiger partial charge in [-0.15, -0.1) is 0 Å². The van der Waals surface area contributed by atoms with Gasteiger partial charge in [0.05, 0.1) is 0 Å². The molecular formula is C9H9ClFNO. The summed E-state index contributed by atoms with van der Waals surface area (Å²) in [5, 5.41) is 11.1. The van der Waals surface area contributed by atoms with Crippen LogP contribution in [-0.2, 0) is 0 Å². The minimum atomic E-state index is -1.13. The van der Waals surface area contributed by atoms with Gasteiger partial charge in [-0.05, 0) is 12.5 Å². The number of oxime groups is 1. The van der Waals surface area contributed by atoms with Gasteiger partial charge < -0.3 is 5.21 Å². The minimum Gasteiger partial charge on any atom is -0.410 e. The second-order valence-electron chi connectivity index (χ2n) is 2.59. The van der Waals surface area contributed by atoms with E-state index in [0.29, 0.717) is 11.1 Å². The van der Waals surface area contributed by atoms with Gasteiger partial charge in [-0.1, -0.05) is 41.0 Å². The van der Waals surface area contributed by atoms with Gasteiger partial charge in [-0.25, -0.2) is 4.39 Å². The molecule has 0 amide bonds. The molecule has 0 aliphatic rings. The zero-order valence-corrected chi connectivity index (χ0v) is 7.79. The van der Waals surface area contributed by atoms with Crippen LogP contribution in [0.1, 0.15) is 24.2 Å². The molecule has 0 radical (unpaired) electrons. The number of hydrogen-bond donors (Lipinski definition) is 1. The summed E-state index contributed by atoms with van der Waals surface area (Å²) in [7, 11) is 0. The summed E-state index contributed by atoms with van der Waals surface area (Å²) >= 11 is 5.57. The van der Waals surface area contributed by atoms with Gasteiger partial charge in [0, 0.05) is 5.56 Å². The lowest BCUT2D eigenvalue weighted by atomic mass is 10.1. The molecule has 1 unspecified atom stereocenters. The van der Waals surface area contributed by atoms with Crippen molar-refractivity contribution in [1.29, 1.82) is 0 Å². The molecule has 0 aliphatic carbocycles. The first-order chi connectivity index (χ1) is 6.16. The van der Waals surface area contributed by atoms with Crippen LogP contribution in [-0.4, -0.2) is 10.4 Å². The zero-order valence-electron chi connectivity index (χ0n) is 7.04.